The molecule has 21 heavy (non-hydrogen) atoms. The van der Waals surface area contributed by atoms with Gasteiger partial charge in [0.15, 0.2) is 17.3 Å². The van der Waals surface area contributed by atoms with E-state index < -0.39 is 5.78 Å². The van der Waals surface area contributed by atoms with Crippen LogP contribution in [0.15, 0.2) is 36.1 Å². The van der Waals surface area contributed by atoms with Gasteiger partial charge in [0.2, 0.25) is 5.78 Å². The van der Waals surface area contributed by atoms with Gasteiger partial charge in [-0.15, -0.1) is 0 Å². The Bertz CT molecular complexity index is 791. The van der Waals surface area contributed by atoms with E-state index in [4.69, 9.17) is 4.74 Å². The van der Waals surface area contributed by atoms with E-state index in [2.05, 4.69) is 0 Å². The fourth-order valence-corrected chi connectivity index (χ4v) is 2.06. The second kappa shape index (κ2) is 4.45. The number of carbonyl (C=O) groups excluding carboxylic acids is 1. The predicted molar refractivity (Wildman–Crippen MR) is 72.5 cm³/mol. The number of Topliss-reactive ketones (excluding diaryl/α,β-unsaturated/α-hetero) is 1. The van der Waals surface area contributed by atoms with E-state index in [9.17, 15) is 25.2 Å². The molecule has 0 spiro atoms. The Morgan fingerprint density at radius 3 is 2.38 bits per heavy atom. The molecule has 0 saturated heterocycles. The molecule has 1 aliphatic rings. The number of phenols is 4. The number of aromatic hydroxyl groups is 4. The molecule has 0 fully saturated rings. The molecule has 0 unspecified atom stereocenters. The fourth-order valence-electron chi connectivity index (χ4n) is 2.06. The zero-order valence-electron chi connectivity index (χ0n) is 10.6. The topological polar surface area (TPSA) is 107 Å². The van der Waals surface area contributed by atoms with Gasteiger partial charge in [-0.2, -0.15) is 0 Å². The lowest BCUT2D eigenvalue weighted by Crippen LogP contribution is -1.98. The van der Waals surface area contributed by atoms with Crippen LogP contribution in [-0.2, 0) is 0 Å². The van der Waals surface area contributed by atoms with Crippen molar-refractivity contribution in [2.45, 2.75) is 0 Å². The summed E-state index contributed by atoms with van der Waals surface area (Å²) in [6.45, 7) is 0. The van der Waals surface area contributed by atoms with Crippen molar-refractivity contribution in [2.75, 3.05) is 0 Å². The van der Waals surface area contributed by atoms with E-state index in [1.54, 1.807) is 0 Å². The monoisotopic (exact) mass is 286 g/mol. The maximum atomic E-state index is 12.1. The molecule has 6 nitrogen and oxygen atoms in total. The summed E-state index contributed by atoms with van der Waals surface area (Å²) in [4.78, 5) is 12.1. The summed E-state index contributed by atoms with van der Waals surface area (Å²) in [6, 6.07) is 6.30. The quantitative estimate of drug-likeness (QED) is 0.472. The molecule has 0 saturated carbocycles. The highest BCUT2D eigenvalue weighted by Gasteiger charge is 2.31. The van der Waals surface area contributed by atoms with Crippen molar-refractivity contribution in [3.8, 4) is 28.7 Å². The minimum Gasteiger partial charge on any atom is -0.508 e. The molecule has 1 heterocycles. The van der Waals surface area contributed by atoms with Crippen LogP contribution in [0.4, 0.5) is 0 Å². The van der Waals surface area contributed by atoms with Gasteiger partial charge in [0.05, 0.1) is 0 Å². The molecule has 6 heteroatoms. The molecule has 0 radical (unpaired) electrons. The van der Waals surface area contributed by atoms with Gasteiger partial charge in [0.25, 0.3) is 0 Å². The lowest BCUT2D eigenvalue weighted by Gasteiger charge is -2.01. The molecule has 1 aliphatic heterocycles. The minimum absolute atomic E-state index is 0.0259. The average Bonchev–Trinajstić information content (AvgIpc) is 2.70. The molecule has 2 aromatic carbocycles. The van der Waals surface area contributed by atoms with Crippen molar-refractivity contribution >= 4 is 11.9 Å². The van der Waals surface area contributed by atoms with Crippen LogP contribution in [0.3, 0.4) is 0 Å². The van der Waals surface area contributed by atoms with Crippen molar-refractivity contribution in [1.29, 1.82) is 0 Å². The number of fused-ring (bicyclic) bond motifs is 1. The molecule has 0 atom stereocenters. The van der Waals surface area contributed by atoms with Gasteiger partial charge < -0.3 is 25.2 Å². The SMILES string of the molecule is O=C1C(=Cc2ccc(O)c(O)c2)Oc2cc(O)cc(O)c21. The van der Waals surface area contributed by atoms with Crippen LogP contribution in [0.1, 0.15) is 15.9 Å². The van der Waals surface area contributed by atoms with Crippen molar-refractivity contribution in [2.24, 2.45) is 0 Å². The van der Waals surface area contributed by atoms with Crippen LogP contribution in [0, 0.1) is 0 Å². The number of hydrogen-bond acceptors (Lipinski definition) is 6. The first kappa shape index (κ1) is 12.9. The van der Waals surface area contributed by atoms with Gasteiger partial charge in [0.1, 0.15) is 22.8 Å². The zero-order valence-corrected chi connectivity index (χ0v) is 10.6. The third kappa shape index (κ3) is 2.12. The molecule has 0 amide bonds. The zero-order chi connectivity index (χ0) is 15.1. The number of benzene rings is 2. The first-order valence-electron chi connectivity index (χ1n) is 5.98. The summed E-state index contributed by atoms with van der Waals surface area (Å²) in [5, 5.41) is 37.7. The number of allylic oxidation sites excluding steroid dienone is 1. The predicted octanol–water partition coefficient (Wildman–Crippen LogP) is 2.13. The molecular weight excluding hydrogens is 276 g/mol. The van der Waals surface area contributed by atoms with Crippen LogP contribution in [0.2, 0.25) is 0 Å². The summed E-state index contributed by atoms with van der Waals surface area (Å²) in [7, 11) is 0. The number of rotatable bonds is 1. The second-order valence-corrected chi connectivity index (χ2v) is 4.53. The van der Waals surface area contributed by atoms with Gasteiger partial charge in [-0.25, -0.2) is 0 Å². The molecule has 3 rings (SSSR count). The number of ketones is 1. The molecule has 106 valence electrons. The number of ether oxygens (including phenoxy) is 1. The first-order chi connectivity index (χ1) is 9.95. The normalized spacial score (nSPS) is 15.0. The number of hydrogen-bond donors (Lipinski definition) is 4. The van der Waals surface area contributed by atoms with E-state index in [-0.39, 0.29) is 40.1 Å². The van der Waals surface area contributed by atoms with Crippen molar-refractivity contribution < 1.29 is 30.0 Å². The van der Waals surface area contributed by atoms with Crippen molar-refractivity contribution in [1.82, 2.24) is 0 Å². The standard InChI is InChI=1S/C15H10O6/c16-8-5-11(19)14-12(6-8)21-13(15(14)20)4-7-1-2-9(17)10(18)3-7/h1-6,16-19H. The Labute approximate surface area is 118 Å². The molecule has 2 aromatic rings. The Morgan fingerprint density at radius 2 is 1.67 bits per heavy atom. The summed E-state index contributed by atoms with van der Waals surface area (Å²) in [5.41, 5.74) is 0.409. The van der Waals surface area contributed by atoms with Gasteiger partial charge >= 0.3 is 0 Å². The first-order valence-corrected chi connectivity index (χ1v) is 5.98. The average molecular weight is 286 g/mol. The maximum Gasteiger partial charge on any atom is 0.235 e. The van der Waals surface area contributed by atoms with Crippen LogP contribution < -0.4 is 4.74 Å². The number of phenolic OH excluding ortho intramolecular Hbond substituents is 4. The lowest BCUT2D eigenvalue weighted by atomic mass is 10.1. The summed E-state index contributed by atoms with van der Waals surface area (Å²) < 4.78 is 5.30. The second-order valence-electron chi connectivity index (χ2n) is 4.53. The van der Waals surface area contributed by atoms with E-state index in [1.807, 2.05) is 0 Å². The smallest absolute Gasteiger partial charge is 0.235 e. The molecular formula is C15H10O6. The van der Waals surface area contributed by atoms with E-state index >= 15 is 0 Å². The highest BCUT2D eigenvalue weighted by molar-refractivity contribution is 6.16. The van der Waals surface area contributed by atoms with E-state index in [1.165, 1.54) is 30.3 Å². The Balaban J connectivity index is 2.03. The minimum atomic E-state index is -0.532. The van der Waals surface area contributed by atoms with Gasteiger partial charge in [0, 0.05) is 12.1 Å². The number of carbonyl (C=O) groups is 1. The van der Waals surface area contributed by atoms with Crippen LogP contribution in [0.25, 0.3) is 6.08 Å². The Morgan fingerprint density at radius 1 is 0.905 bits per heavy atom. The van der Waals surface area contributed by atoms with Crippen molar-refractivity contribution in [3.05, 3.63) is 47.2 Å². The van der Waals surface area contributed by atoms with Gasteiger partial charge in [-0.3, -0.25) is 4.79 Å². The highest BCUT2D eigenvalue weighted by atomic mass is 16.5. The largest absolute Gasteiger partial charge is 0.508 e. The maximum absolute atomic E-state index is 12.1. The third-order valence-electron chi connectivity index (χ3n) is 3.03. The summed E-state index contributed by atoms with van der Waals surface area (Å²) in [6.07, 6.45) is 1.36. The van der Waals surface area contributed by atoms with Gasteiger partial charge in [-0.05, 0) is 23.8 Å². The molecule has 0 bridgehead atoms. The lowest BCUT2D eigenvalue weighted by molar-refractivity contribution is 0.101. The molecule has 0 aliphatic carbocycles. The van der Waals surface area contributed by atoms with Gasteiger partial charge in [-0.1, -0.05) is 6.07 Å². The summed E-state index contributed by atoms with van der Waals surface area (Å²) in [5.74, 6) is -1.72. The summed E-state index contributed by atoms with van der Waals surface area (Å²) >= 11 is 0. The van der Waals surface area contributed by atoms with Crippen LogP contribution >= 0.6 is 0 Å². The Hall–Kier alpha value is -3.15. The van der Waals surface area contributed by atoms with E-state index in [0.29, 0.717) is 5.56 Å². The van der Waals surface area contributed by atoms with Crippen LogP contribution in [-0.4, -0.2) is 26.2 Å². The van der Waals surface area contributed by atoms with Crippen molar-refractivity contribution in [3.63, 3.8) is 0 Å². The Kier molecular flexibility index (Phi) is 2.72. The fraction of sp³-hybridized carbons (Fsp3) is 0. The third-order valence-corrected chi connectivity index (χ3v) is 3.03. The highest BCUT2D eigenvalue weighted by Crippen LogP contribution is 2.40. The van der Waals surface area contributed by atoms with Crippen LogP contribution in [0.5, 0.6) is 28.7 Å². The molecule has 4 N–H and O–H groups in total. The van der Waals surface area contributed by atoms with E-state index in [0.717, 1.165) is 6.07 Å². The molecule has 0 aromatic heterocycles.